The van der Waals surface area contributed by atoms with Gasteiger partial charge in [0, 0.05) is 13.1 Å². The lowest BCUT2D eigenvalue weighted by molar-refractivity contribution is -0.151. The first kappa shape index (κ1) is 24.1. The highest BCUT2D eigenvalue weighted by molar-refractivity contribution is 5.75. The first-order valence-electron chi connectivity index (χ1n) is 12.3. The molecule has 4 rings (SSSR count). The van der Waals surface area contributed by atoms with Gasteiger partial charge in [-0.3, -0.25) is 9.69 Å². The van der Waals surface area contributed by atoms with E-state index >= 15 is 0 Å². The normalized spacial score (nSPS) is 19.2. The predicted octanol–water partition coefficient (Wildman–Crippen LogP) is 5.01. The molecule has 1 aliphatic heterocycles. The van der Waals surface area contributed by atoms with Gasteiger partial charge in [0.05, 0.1) is 24.7 Å². The van der Waals surface area contributed by atoms with Gasteiger partial charge in [-0.05, 0) is 68.7 Å². The number of ether oxygens (including phenoxy) is 3. The van der Waals surface area contributed by atoms with Crippen LogP contribution in [0.5, 0.6) is 11.5 Å². The van der Waals surface area contributed by atoms with Crippen molar-refractivity contribution in [3.63, 3.8) is 0 Å². The second kappa shape index (κ2) is 10.9. The maximum atomic E-state index is 12.6. The highest BCUT2D eigenvalue weighted by Gasteiger charge is 2.39. The minimum Gasteiger partial charge on any atom is -0.493 e. The maximum absolute atomic E-state index is 12.6. The number of carbonyl (C=O) groups is 1. The summed E-state index contributed by atoms with van der Waals surface area (Å²) in [4.78, 5) is 14.8. The molecule has 6 nitrogen and oxygen atoms in total. The van der Waals surface area contributed by atoms with E-state index in [0.29, 0.717) is 31.7 Å². The number of likely N-dealkylation sites (tertiary alicyclic amines) is 1. The first-order chi connectivity index (χ1) is 16.5. The molecule has 0 spiro atoms. The number of carbonyl (C=O) groups excluding carboxylic acids is 1. The molecule has 1 unspecified atom stereocenters. The minimum absolute atomic E-state index is 0.215. The van der Waals surface area contributed by atoms with Crippen molar-refractivity contribution in [3.05, 3.63) is 59.7 Å². The van der Waals surface area contributed by atoms with Gasteiger partial charge in [0.15, 0.2) is 11.5 Å². The van der Waals surface area contributed by atoms with Gasteiger partial charge in [0.2, 0.25) is 0 Å². The van der Waals surface area contributed by atoms with Gasteiger partial charge in [0.25, 0.3) is 0 Å². The van der Waals surface area contributed by atoms with E-state index in [9.17, 15) is 10.1 Å². The van der Waals surface area contributed by atoms with Crippen LogP contribution in [0, 0.1) is 11.3 Å². The number of nitriles is 1. The molecule has 1 saturated carbocycles. The molecule has 2 aliphatic rings. The van der Waals surface area contributed by atoms with Crippen molar-refractivity contribution < 1.29 is 19.0 Å². The number of nitrogens with zero attached hydrogens (tertiary/aromatic N) is 2. The van der Waals surface area contributed by atoms with Crippen LogP contribution in [0.3, 0.4) is 0 Å². The molecular weight excluding hydrogens is 428 g/mol. The summed E-state index contributed by atoms with van der Waals surface area (Å²) >= 11 is 0. The van der Waals surface area contributed by atoms with Crippen LogP contribution in [0.25, 0.3) is 0 Å². The van der Waals surface area contributed by atoms with Crippen LogP contribution in [-0.4, -0.2) is 43.2 Å². The molecule has 1 aliphatic carbocycles. The number of methoxy groups -OCH3 is 1. The molecule has 6 heteroatoms. The minimum atomic E-state index is -0.607. The van der Waals surface area contributed by atoms with Gasteiger partial charge in [-0.1, -0.05) is 36.4 Å². The fourth-order valence-corrected chi connectivity index (χ4v) is 5.01. The second-order valence-electron chi connectivity index (χ2n) is 9.39. The third-order valence-corrected chi connectivity index (χ3v) is 7.29. The lowest BCUT2D eigenvalue weighted by Crippen LogP contribution is -2.48. The Balaban J connectivity index is 1.40. The van der Waals surface area contributed by atoms with E-state index in [1.54, 1.807) is 7.11 Å². The third-order valence-electron chi connectivity index (χ3n) is 7.29. The summed E-state index contributed by atoms with van der Waals surface area (Å²) in [5, 5.41) is 10.2. The first-order valence-corrected chi connectivity index (χ1v) is 12.3. The van der Waals surface area contributed by atoms with Gasteiger partial charge in [-0.2, -0.15) is 5.26 Å². The van der Waals surface area contributed by atoms with Crippen LogP contribution in [0.1, 0.15) is 56.6 Å². The van der Waals surface area contributed by atoms with E-state index in [0.717, 1.165) is 29.7 Å². The van der Waals surface area contributed by atoms with Gasteiger partial charge in [0.1, 0.15) is 12.6 Å². The largest absolute Gasteiger partial charge is 0.493 e. The Morgan fingerprint density at radius 1 is 1.12 bits per heavy atom. The SMILES string of the molecule is COc1ccc(C2(C#N)CCN(C(C)C(=O)OCc3ccccc3)CC2)cc1OC1CCCC1. The molecule has 1 atom stereocenters. The van der Waals surface area contributed by atoms with E-state index in [2.05, 4.69) is 11.0 Å². The van der Waals surface area contributed by atoms with Crippen LogP contribution < -0.4 is 9.47 Å². The average Bonchev–Trinajstić information content (AvgIpc) is 3.40. The molecule has 2 fully saturated rings. The molecule has 1 heterocycles. The van der Waals surface area contributed by atoms with E-state index < -0.39 is 5.41 Å². The number of hydrogen-bond donors (Lipinski definition) is 0. The lowest BCUT2D eigenvalue weighted by Gasteiger charge is -2.39. The van der Waals surface area contributed by atoms with Gasteiger partial charge < -0.3 is 14.2 Å². The van der Waals surface area contributed by atoms with Gasteiger partial charge >= 0.3 is 5.97 Å². The molecule has 0 radical (unpaired) electrons. The quantitative estimate of drug-likeness (QED) is 0.514. The number of hydrogen-bond acceptors (Lipinski definition) is 6. The molecular formula is C28H34N2O4. The highest BCUT2D eigenvalue weighted by Crippen LogP contribution is 2.40. The number of rotatable bonds is 8. The zero-order valence-corrected chi connectivity index (χ0v) is 20.2. The zero-order valence-electron chi connectivity index (χ0n) is 20.2. The number of piperidine rings is 1. The Morgan fingerprint density at radius 2 is 1.82 bits per heavy atom. The third kappa shape index (κ3) is 5.37. The van der Waals surface area contributed by atoms with Crippen LogP contribution in [0.15, 0.2) is 48.5 Å². The molecule has 0 N–H and O–H groups in total. The second-order valence-corrected chi connectivity index (χ2v) is 9.39. The molecule has 34 heavy (non-hydrogen) atoms. The van der Waals surface area contributed by atoms with E-state index in [-0.39, 0.29) is 24.7 Å². The number of esters is 1. The van der Waals surface area contributed by atoms with Crippen LogP contribution in [0.2, 0.25) is 0 Å². The zero-order chi connectivity index (χ0) is 24.0. The summed E-state index contributed by atoms with van der Waals surface area (Å²) < 4.78 is 17.3. The monoisotopic (exact) mass is 462 g/mol. The summed E-state index contributed by atoms with van der Waals surface area (Å²) in [6.45, 7) is 3.46. The topological polar surface area (TPSA) is 71.8 Å². The van der Waals surface area contributed by atoms with Crippen LogP contribution in [-0.2, 0) is 21.6 Å². The Morgan fingerprint density at radius 3 is 2.47 bits per heavy atom. The van der Waals surface area contributed by atoms with Crippen molar-refractivity contribution in [2.24, 2.45) is 0 Å². The predicted molar refractivity (Wildman–Crippen MR) is 130 cm³/mol. The summed E-state index contributed by atoms with van der Waals surface area (Å²) in [6.07, 6.45) is 6.01. The maximum Gasteiger partial charge on any atom is 0.323 e. The Labute approximate surface area is 202 Å². The Hall–Kier alpha value is -3.04. The number of benzene rings is 2. The van der Waals surface area contributed by atoms with E-state index in [1.165, 1.54) is 12.8 Å². The lowest BCUT2D eigenvalue weighted by atomic mass is 9.73. The molecule has 2 aromatic rings. The average molecular weight is 463 g/mol. The van der Waals surface area contributed by atoms with Crippen LogP contribution >= 0.6 is 0 Å². The molecule has 2 aromatic carbocycles. The smallest absolute Gasteiger partial charge is 0.323 e. The summed E-state index contributed by atoms with van der Waals surface area (Å²) in [5.74, 6) is 1.20. The summed E-state index contributed by atoms with van der Waals surface area (Å²) in [6, 6.07) is 17.8. The molecule has 0 aromatic heterocycles. The molecule has 180 valence electrons. The molecule has 1 saturated heterocycles. The van der Waals surface area contributed by atoms with Crippen molar-refractivity contribution in [3.8, 4) is 17.6 Å². The van der Waals surface area contributed by atoms with Gasteiger partial charge in [-0.25, -0.2) is 0 Å². The van der Waals surface area contributed by atoms with Crippen molar-refractivity contribution in [2.75, 3.05) is 20.2 Å². The summed E-state index contributed by atoms with van der Waals surface area (Å²) in [7, 11) is 1.65. The van der Waals surface area contributed by atoms with Crippen molar-refractivity contribution in [1.29, 1.82) is 5.26 Å². The molecule has 0 amide bonds. The van der Waals surface area contributed by atoms with E-state index in [4.69, 9.17) is 14.2 Å². The van der Waals surface area contributed by atoms with Crippen molar-refractivity contribution >= 4 is 5.97 Å². The Kier molecular flexibility index (Phi) is 7.74. The Bertz CT molecular complexity index is 1000. The fraction of sp³-hybridized carbons (Fsp3) is 0.500. The summed E-state index contributed by atoms with van der Waals surface area (Å²) in [5.41, 5.74) is 1.33. The van der Waals surface area contributed by atoms with Crippen molar-refractivity contribution in [1.82, 2.24) is 4.90 Å². The van der Waals surface area contributed by atoms with Crippen molar-refractivity contribution in [2.45, 2.75) is 69.6 Å². The standard InChI is InChI=1S/C28H34N2O4/c1-21(27(31)33-19-22-8-4-3-5-9-22)30-16-14-28(20-29,15-17-30)23-12-13-25(32-2)26(18-23)34-24-10-6-7-11-24/h3-5,8-9,12-13,18,21,24H,6-7,10-11,14-17,19H2,1-2H3. The highest BCUT2D eigenvalue weighted by atomic mass is 16.5. The van der Waals surface area contributed by atoms with E-state index in [1.807, 2.05) is 55.5 Å². The van der Waals surface area contributed by atoms with Gasteiger partial charge in [-0.15, -0.1) is 0 Å². The fourth-order valence-electron chi connectivity index (χ4n) is 5.01. The molecule has 0 bridgehead atoms. The van der Waals surface area contributed by atoms with Crippen LogP contribution in [0.4, 0.5) is 0 Å².